The van der Waals surface area contributed by atoms with Crippen molar-refractivity contribution in [1.82, 2.24) is 10.3 Å². The molecule has 0 fully saturated rings. The van der Waals surface area contributed by atoms with Crippen molar-refractivity contribution in [3.05, 3.63) is 29.0 Å². The fourth-order valence-electron chi connectivity index (χ4n) is 1.37. The third kappa shape index (κ3) is 3.87. The molecule has 1 rings (SSSR count). The van der Waals surface area contributed by atoms with Crippen LogP contribution in [0.4, 0.5) is 0 Å². The quantitative estimate of drug-likeness (QED) is 0.856. The number of rotatable bonds is 5. The van der Waals surface area contributed by atoms with E-state index in [4.69, 9.17) is 16.7 Å². The number of hydrogen-bond acceptors (Lipinski definition) is 4. The summed E-state index contributed by atoms with van der Waals surface area (Å²) in [6.07, 6.45) is 4.84. The van der Waals surface area contributed by atoms with Gasteiger partial charge in [0.25, 0.3) is 5.91 Å². The molecule has 17 heavy (non-hydrogen) atoms. The molecule has 1 aromatic heterocycles. The highest BCUT2D eigenvalue weighted by atomic mass is 35.5. The van der Waals surface area contributed by atoms with Gasteiger partial charge in [0, 0.05) is 23.7 Å². The molecule has 2 unspecified atom stereocenters. The van der Waals surface area contributed by atoms with Crippen LogP contribution in [0.1, 0.15) is 17.3 Å². The molecule has 0 aliphatic rings. The first-order valence-corrected chi connectivity index (χ1v) is 6.80. The van der Waals surface area contributed by atoms with E-state index in [9.17, 15) is 4.79 Å². The molecular weight excluding hydrogens is 260 g/mol. The van der Waals surface area contributed by atoms with E-state index in [1.165, 1.54) is 24.2 Å². The number of halogens is 1. The van der Waals surface area contributed by atoms with Crippen LogP contribution in [0.5, 0.6) is 0 Å². The van der Waals surface area contributed by atoms with Crippen molar-refractivity contribution in [1.29, 1.82) is 0 Å². The van der Waals surface area contributed by atoms with Crippen molar-refractivity contribution in [2.24, 2.45) is 0 Å². The van der Waals surface area contributed by atoms with E-state index < -0.39 is 0 Å². The second-order valence-electron chi connectivity index (χ2n) is 3.57. The van der Waals surface area contributed by atoms with Gasteiger partial charge in [-0.1, -0.05) is 11.6 Å². The van der Waals surface area contributed by atoms with Gasteiger partial charge in [0.15, 0.2) is 0 Å². The van der Waals surface area contributed by atoms with E-state index in [0.717, 1.165) is 0 Å². The van der Waals surface area contributed by atoms with Crippen molar-refractivity contribution in [2.45, 2.75) is 18.2 Å². The smallest absolute Gasteiger partial charge is 0.253 e. The summed E-state index contributed by atoms with van der Waals surface area (Å²) in [5.74, 6) is -0.252. The fraction of sp³-hybridized carbons (Fsp3) is 0.455. The second-order valence-corrected chi connectivity index (χ2v) is 5.06. The zero-order chi connectivity index (χ0) is 12.8. The number of aliphatic hydroxyl groups excluding tert-OH is 1. The molecule has 0 spiro atoms. The van der Waals surface area contributed by atoms with Crippen LogP contribution in [0.3, 0.4) is 0 Å². The standard InChI is InChI=1S/C11H15ClN2O2S/c1-7(10(6-15)17-2)14-11(16)8-3-4-13-5-9(8)12/h3-5,7,10,15H,6H2,1-2H3,(H,14,16). The zero-order valence-electron chi connectivity index (χ0n) is 9.68. The molecular formula is C11H15ClN2O2S. The second kappa shape index (κ2) is 6.83. The van der Waals surface area contributed by atoms with Gasteiger partial charge in [-0.3, -0.25) is 9.78 Å². The molecule has 6 heteroatoms. The lowest BCUT2D eigenvalue weighted by atomic mass is 10.2. The number of aromatic nitrogens is 1. The average Bonchev–Trinajstić information content (AvgIpc) is 2.31. The number of carbonyl (C=O) groups excluding carboxylic acids is 1. The first-order chi connectivity index (χ1) is 8.10. The van der Waals surface area contributed by atoms with Gasteiger partial charge in [-0.15, -0.1) is 0 Å². The average molecular weight is 275 g/mol. The molecule has 4 nitrogen and oxygen atoms in total. The van der Waals surface area contributed by atoms with Crippen molar-refractivity contribution in [2.75, 3.05) is 12.9 Å². The Hall–Kier alpha value is -0.780. The van der Waals surface area contributed by atoms with Crippen LogP contribution in [0.15, 0.2) is 18.5 Å². The SMILES string of the molecule is CSC(CO)C(C)NC(=O)c1ccncc1Cl. The van der Waals surface area contributed by atoms with E-state index in [1.807, 2.05) is 13.2 Å². The number of aliphatic hydroxyl groups is 1. The summed E-state index contributed by atoms with van der Waals surface area (Å²) < 4.78 is 0. The summed E-state index contributed by atoms with van der Waals surface area (Å²) in [5, 5.41) is 12.2. The molecule has 1 aromatic rings. The van der Waals surface area contributed by atoms with E-state index in [0.29, 0.717) is 10.6 Å². The third-order valence-electron chi connectivity index (χ3n) is 2.42. The molecule has 0 aliphatic heterocycles. The molecule has 0 aliphatic carbocycles. The predicted molar refractivity (Wildman–Crippen MR) is 70.6 cm³/mol. The summed E-state index contributed by atoms with van der Waals surface area (Å²) in [4.78, 5) is 15.7. The van der Waals surface area contributed by atoms with Crippen molar-refractivity contribution >= 4 is 29.3 Å². The maximum absolute atomic E-state index is 11.9. The number of nitrogens with zero attached hydrogens (tertiary/aromatic N) is 1. The van der Waals surface area contributed by atoms with Crippen LogP contribution in [0.2, 0.25) is 5.02 Å². The van der Waals surface area contributed by atoms with Gasteiger partial charge in [-0.05, 0) is 19.2 Å². The highest BCUT2D eigenvalue weighted by Gasteiger charge is 2.19. The summed E-state index contributed by atoms with van der Waals surface area (Å²) in [7, 11) is 0. The normalized spacial score (nSPS) is 14.1. The van der Waals surface area contributed by atoms with Gasteiger partial charge in [-0.25, -0.2) is 0 Å². The van der Waals surface area contributed by atoms with E-state index in [1.54, 1.807) is 6.07 Å². The molecule has 1 amide bonds. The summed E-state index contributed by atoms with van der Waals surface area (Å²) in [6.45, 7) is 1.87. The lowest BCUT2D eigenvalue weighted by Crippen LogP contribution is -2.41. The predicted octanol–water partition coefficient (Wildman–Crippen LogP) is 1.58. The van der Waals surface area contributed by atoms with Crippen LogP contribution in [-0.2, 0) is 0 Å². The van der Waals surface area contributed by atoms with Crippen molar-refractivity contribution in [3.8, 4) is 0 Å². The molecule has 0 radical (unpaired) electrons. The van der Waals surface area contributed by atoms with Crippen molar-refractivity contribution in [3.63, 3.8) is 0 Å². The first kappa shape index (κ1) is 14.3. The maximum atomic E-state index is 11.9. The summed E-state index contributed by atoms with van der Waals surface area (Å²) in [6, 6.07) is 1.43. The van der Waals surface area contributed by atoms with Crippen LogP contribution in [-0.4, -0.2) is 40.2 Å². The monoisotopic (exact) mass is 274 g/mol. The fourth-order valence-corrected chi connectivity index (χ4v) is 2.20. The third-order valence-corrected chi connectivity index (χ3v) is 3.88. The highest BCUT2D eigenvalue weighted by molar-refractivity contribution is 7.99. The molecule has 0 aromatic carbocycles. The van der Waals surface area contributed by atoms with Gasteiger partial charge < -0.3 is 10.4 Å². The number of pyridine rings is 1. The highest BCUT2D eigenvalue weighted by Crippen LogP contribution is 2.15. The van der Waals surface area contributed by atoms with Crippen LogP contribution < -0.4 is 5.32 Å². The minimum atomic E-state index is -0.252. The molecule has 2 atom stereocenters. The van der Waals surface area contributed by atoms with E-state index >= 15 is 0 Å². The van der Waals surface area contributed by atoms with Gasteiger partial charge >= 0.3 is 0 Å². The molecule has 2 N–H and O–H groups in total. The molecule has 94 valence electrons. The van der Waals surface area contributed by atoms with Gasteiger partial charge in [0.1, 0.15) is 0 Å². The maximum Gasteiger partial charge on any atom is 0.253 e. The Labute approximate surface area is 110 Å². The number of hydrogen-bond donors (Lipinski definition) is 2. The van der Waals surface area contributed by atoms with Crippen LogP contribution in [0, 0.1) is 0 Å². The first-order valence-electron chi connectivity index (χ1n) is 5.14. The Morgan fingerprint density at radius 3 is 2.94 bits per heavy atom. The Balaban J connectivity index is 2.70. The largest absolute Gasteiger partial charge is 0.395 e. The molecule has 0 bridgehead atoms. The van der Waals surface area contributed by atoms with Crippen molar-refractivity contribution < 1.29 is 9.90 Å². The topological polar surface area (TPSA) is 62.2 Å². The lowest BCUT2D eigenvalue weighted by Gasteiger charge is -2.21. The van der Waals surface area contributed by atoms with E-state index in [-0.39, 0.29) is 23.8 Å². The summed E-state index contributed by atoms with van der Waals surface area (Å²) in [5.41, 5.74) is 0.395. The molecule has 0 saturated carbocycles. The Morgan fingerprint density at radius 2 is 2.41 bits per heavy atom. The number of carbonyl (C=O) groups is 1. The Morgan fingerprint density at radius 1 is 1.71 bits per heavy atom. The van der Waals surface area contributed by atoms with Gasteiger partial charge in [-0.2, -0.15) is 11.8 Å². The van der Waals surface area contributed by atoms with Gasteiger partial charge in [0.05, 0.1) is 17.2 Å². The van der Waals surface area contributed by atoms with Crippen LogP contribution >= 0.6 is 23.4 Å². The molecule has 0 saturated heterocycles. The number of thioether (sulfide) groups is 1. The zero-order valence-corrected chi connectivity index (χ0v) is 11.3. The Bertz CT molecular complexity index is 385. The number of amides is 1. The Kier molecular flexibility index (Phi) is 5.74. The summed E-state index contributed by atoms with van der Waals surface area (Å²) >= 11 is 7.38. The minimum Gasteiger partial charge on any atom is -0.395 e. The van der Waals surface area contributed by atoms with Gasteiger partial charge in [0.2, 0.25) is 0 Å². The molecule has 1 heterocycles. The minimum absolute atomic E-state index is 0.0205. The van der Waals surface area contributed by atoms with E-state index in [2.05, 4.69) is 10.3 Å². The lowest BCUT2D eigenvalue weighted by molar-refractivity contribution is 0.0936. The van der Waals surface area contributed by atoms with Crippen LogP contribution in [0.25, 0.3) is 0 Å². The number of nitrogens with one attached hydrogen (secondary N) is 1.